The van der Waals surface area contributed by atoms with E-state index in [0.29, 0.717) is 5.02 Å². The minimum Gasteiger partial charge on any atom is -0.284 e. The van der Waals surface area contributed by atoms with Crippen molar-refractivity contribution in [2.45, 2.75) is 6.92 Å². The van der Waals surface area contributed by atoms with Crippen LogP contribution in [0.2, 0.25) is 5.02 Å². The summed E-state index contributed by atoms with van der Waals surface area (Å²) < 4.78 is 2.80. The zero-order valence-electron chi connectivity index (χ0n) is 12.9. The topological polar surface area (TPSA) is 34.9 Å². The molecule has 0 amide bonds. The van der Waals surface area contributed by atoms with Crippen molar-refractivity contribution in [2.24, 2.45) is 0 Å². The number of nitrogens with zero attached hydrogens (tertiary/aromatic N) is 2. The molecule has 2 aromatic heterocycles. The first-order chi connectivity index (χ1) is 11.6. The highest BCUT2D eigenvalue weighted by Gasteiger charge is 2.09. The summed E-state index contributed by atoms with van der Waals surface area (Å²) in [4.78, 5) is 16.8. The predicted molar refractivity (Wildman–Crippen MR) is 100 cm³/mol. The number of hydrogen-bond acceptors (Lipinski definition) is 3. The SMILES string of the molecule is Cc1cc(=O)n(-c2ccc(Cl)cc2)cc1-c1ccc2scnc2c1. The molecule has 0 aliphatic carbocycles. The number of fused-ring (bicyclic) bond motifs is 1. The van der Waals surface area contributed by atoms with Crippen molar-refractivity contribution in [3.8, 4) is 16.8 Å². The number of thiazole rings is 1. The fraction of sp³-hybridized carbons (Fsp3) is 0.0526. The summed E-state index contributed by atoms with van der Waals surface area (Å²) in [6.45, 7) is 1.95. The molecule has 4 aromatic rings. The largest absolute Gasteiger partial charge is 0.284 e. The Balaban J connectivity index is 1.90. The second kappa shape index (κ2) is 5.89. The molecule has 0 aliphatic heterocycles. The van der Waals surface area contributed by atoms with Gasteiger partial charge in [0, 0.05) is 28.5 Å². The molecule has 118 valence electrons. The summed E-state index contributed by atoms with van der Waals surface area (Å²) in [7, 11) is 0. The zero-order valence-corrected chi connectivity index (χ0v) is 14.4. The summed E-state index contributed by atoms with van der Waals surface area (Å²) in [6, 6.07) is 15.1. The lowest BCUT2D eigenvalue weighted by molar-refractivity contribution is 0.985. The maximum Gasteiger partial charge on any atom is 0.255 e. The normalized spacial score (nSPS) is 11.1. The van der Waals surface area contributed by atoms with E-state index in [9.17, 15) is 4.79 Å². The van der Waals surface area contributed by atoms with Gasteiger partial charge in [-0.1, -0.05) is 17.7 Å². The van der Waals surface area contributed by atoms with E-state index in [2.05, 4.69) is 23.2 Å². The Kier molecular flexibility index (Phi) is 3.71. The quantitative estimate of drug-likeness (QED) is 0.504. The van der Waals surface area contributed by atoms with Crippen LogP contribution in [0.25, 0.3) is 27.0 Å². The number of aryl methyl sites for hydroxylation is 1. The van der Waals surface area contributed by atoms with Gasteiger partial charge in [0.1, 0.15) is 0 Å². The molecular weight excluding hydrogens is 340 g/mol. The maximum atomic E-state index is 12.4. The van der Waals surface area contributed by atoms with Gasteiger partial charge in [-0.15, -0.1) is 11.3 Å². The van der Waals surface area contributed by atoms with Crippen molar-refractivity contribution in [3.63, 3.8) is 0 Å². The van der Waals surface area contributed by atoms with E-state index in [4.69, 9.17) is 11.6 Å². The summed E-state index contributed by atoms with van der Waals surface area (Å²) in [5.74, 6) is 0. The van der Waals surface area contributed by atoms with E-state index in [1.165, 1.54) is 0 Å². The molecule has 5 heteroatoms. The van der Waals surface area contributed by atoms with Crippen LogP contribution >= 0.6 is 22.9 Å². The van der Waals surface area contributed by atoms with Gasteiger partial charge in [0.25, 0.3) is 5.56 Å². The molecule has 0 N–H and O–H groups in total. The number of rotatable bonds is 2. The fourth-order valence-electron chi connectivity index (χ4n) is 2.76. The second-order valence-corrected chi connectivity index (χ2v) is 6.91. The molecule has 0 atom stereocenters. The Morgan fingerprint density at radius 3 is 2.67 bits per heavy atom. The number of pyridine rings is 1. The lowest BCUT2D eigenvalue weighted by atomic mass is 10.0. The number of hydrogen-bond donors (Lipinski definition) is 0. The molecule has 24 heavy (non-hydrogen) atoms. The van der Waals surface area contributed by atoms with E-state index < -0.39 is 0 Å². The van der Waals surface area contributed by atoms with E-state index in [0.717, 1.165) is 32.6 Å². The molecule has 3 nitrogen and oxygen atoms in total. The molecule has 0 radical (unpaired) electrons. The average molecular weight is 353 g/mol. The van der Waals surface area contributed by atoms with Crippen LogP contribution < -0.4 is 5.56 Å². The van der Waals surface area contributed by atoms with Gasteiger partial charge in [-0.3, -0.25) is 9.36 Å². The van der Waals surface area contributed by atoms with E-state index in [1.807, 2.05) is 30.8 Å². The van der Waals surface area contributed by atoms with Gasteiger partial charge >= 0.3 is 0 Å². The smallest absolute Gasteiger partial charge is 0.255 e. The van der Waals surface area contributed by atoms with Crippen LogP contribution in [-0.4, -0.2) is 9.55 Å². The molecular formula is C19H13ClN2OS. The van der Waals surface area contributed by atoms with Crippen molar-refractivity contribution >= 4 is 33.2 Å². The van der Waals surface area contributed by atoms with Gasteiger partial charge in [-0.2, -0.15) is 0 Å². The minimum atomic E-state index is -0.0618. The van der Waals surface area contributed by atoms with Crippen molar-refractivity contribution in [2.75, 3.05) is 0 Å². The van der Waals surface area contributed by atoms with Crippen molar-refractivity contribution in [1.29, 1.82) is 0 Å². The third kappa shape index (κ3) is 2.64. The van der Waals surface area contributed by atoms with Gasteiger partial charge in [0.05, 0.1) is 15.7 Å². The van der Waals surface area contributed by atoms with Crippen LogP contribution in [0.4, 0.5) is 0 Å². The highest BCUT2D eigenvalue weighted by molar-refractivity contribution is 7.16. The summed E-state index contributed by atoms with van der Waals surface area (Å²) in [6.07, 6.45) is 1.88. The lowest BCUT2D eigenvalue weighted by Gasteiger charge is -2.12. The number of benzene rings is 2. The molecule has 2 aromatic carbocycles. The molecule has 0 saturated carbocycles. The first-order valence-electron chi connectivity index (χ1n) is 7.45. The molecule has 0 bridgehead atoms. The highest BCUT2D eigenvalue weighted by Crippen LogP contribution is 2.28. The third-order valence-electron chi connectivity index (χ3n) is 4.01. The van der Waals surface area contributed by atoms with E-state index in [-0.39, 0.29) is 5.56 Å². The monoisotopic (exact) mass is 352 g/mol. The molecule has 0 saturated heterocycles. The Morgan fingerprint density at radius 2 is 1.88 bits per heavy atom. The molecule has 0 unspecified atom stereocenters. The van der Waals surface area contributed by atoms with Gasteiger partial charge < -0.3 is 0 Å². The molecule has 0 aliphatic rings. The molecule has 2 heterocycles. The first kappa shape index (κ1) is 15.1. The van der Waals surface area contributed by atoms with Crippen LogP contribution in [0.1, 0.15) is 5.56 Å². The van der Waals surface area contributed by atoms with Crippen molar-refractivity contribution < 1.29 is 0 Å². The van der Waals surface area contributed by atoms with E-state index >= 15 is 0 Å². The Labute approximate surface area is 147 Å². The van der Waals surface area contributed by atoms with Crippen LogP contribution in [0.3, 0.4) is 0 Å². The number of halogens is 1. The van der Waals surface area contributed by atoms with Gasteiger partial charge in [0.15, 0.2) is 0 Å². The van der Waals surface area contributed by atoms with E-state index in [1.54, 1.807) is 34.1 Å². The molecule has 4 rings (SSSR count). The van der Waals surface area contributed by atoms with Crippen molar-refractivity contribution in [3.05, 3.63) is 81.2 Å². The second-order valence-electron chi connectivity index (χ2n) is 5.59. The third-order valence-corrected chi connectivity index (χ3v) is 5.07. The van der Waals surface area contributed by atoms with Crippen LogP contribution in [0, 0.1) is 6.92 Å². The van der Waals surface area contributed by atoms with Crippen LogP contribution in [-0.2, 0) is 0 Å². The van der Waals surface area contributed by atoms with Gasteiger partial charge in [-0.25, -0.2) is 4.98 Å². The first-order valence-corrected chi connectivity index (χ1v) is 8.70. The maximum absolute atomic E-state index is 12.4. The average Bonchev–Trinajstić information content (AvgIpc) is 3.04. The van der Waals surface area contributed by atoms with Crippen molar-refractivity contribution in [1.82, 2.24) is 9.55 Å². The van der Waals surface area contributed by atoms with Gasteiger partial charge in [-0.05, 0) is 54.4 Å². The van der Waals surface area contributed by atoms with Crippen LogP contribution in [0.15, 0.2) is 65.0 Å². The minimum absolute atomic E-state index is 0.0618. The summed E-state index contributed by atoms with van der Waals surface area (Å²) in [5.41, 5.74) is 6.55. The predicted octanol–water partition coefficient (Wildman–Crippen LogP) is 5.08. The fourth-order valence-corrected chi connectivity index (χ4v) is 3.54. The summed E-state index contributed by atoms with van der Waals surface area (Å²) >= 11 is 7.56. The highest BCUT2D eigenvalue weighted by atomic mass is 35.5. The Bertz CT molecular complexity index is 1100. The standard InChI is InChI=1S/C19H13ClN2OS/c1-12-8-19(23)22(15-5-3-14(20)4-6-15)10-16(12)13-2-7-18-17(9-13)21-11-24-18/h2-11H,1H3. The van der Waals surface area contributed by atoms with Gasteiger partial charge in [0.2, 0.25) is 0 Å². The van der Waals surface area contributed by atoms with Crippen LogP contribution in [0.5, 0.6) is 0 Å². The molecule has 0 fully saturated rings. The Hall–Kier alpha value is -2.43. The number of aromatic nitrogens is 2. The Morgan fingerprint density at radius 1 is 1.08 bits per heavy atom. The zero-order chi connectivity index (χ0) is 16.7. The summed E-state index contributed by atoms with van der Waals surface area (Å²) in [5, 5.41) is 0.646. The lowest BCUT2D eigenvalue weighted by Crippen LogP contribution is -2.17. The molecule has 0 spiro atoms.